The summed E-state index contributed by atoms with van der Waals surface area (Å²) in [4.78, 5) is 2.97. The zero-order valence-electron chi connectivity index (χ0n) is 8.51. The molecular weight excluding hydrogens is 216 g/mol. The van der Waals surface area contributed by atoms with Gasteiger partial charge in [-0.25, -0.2) is 0 Å². The Morgan fingerprint density at radius 2 is 1.41 bits per heavy atom. The number of hydrogen-bond acceptors (Lipinski definition) is 4. The lowest BCUT2D eigenvalue weighted by Gasteiger charge is -1.95. The molecule has 0 aromatic carbocycles. The van der Waals surface area contributed by atoms with Crippen LogP contribution in [0.1, 0.15) is 11.1 Å². The van der Waals surface area contributed by atoms with Gasteiger partial charge in [-0.1, -0.05) is 24.3 Å². The third-order valence-electron chi connectivity index (χ3n) is 2.45. The van der Waals surface area contributed by atoms with E-state index in [2.05, 4.69) is 4.98 Å². The quantitative estimate of drug-likeness (QED) is 0.634. The van der Waals surface area contributed by atoms with Crippen LogP contribution < -0.4 is 5.11 Å². The van der Waals surface area contributed by atoms with Crippen LogP contribution >= 0.6 is 0 Å². The smallest absolute Gasteiger partial charge is 0.421 e. The largest absolute Gasteiger partial charge is 0.872 e. The second-order valence-corrected chi connectivity index (χ2v) is 3.32. The molecule has 2 aliphatic rings. The van der Waals surface area contributed by atoms with Gasteiger partial charge in [0.25, 0.3) is 0 Å². The fourth-order valence-electron chi connectivity index (χ4n) is 1.71. The summed E-state index contributed by atoms with van der Waals surface area (Å²) in [5.41, 5.74) is 0.992. The highest BCUT2D eigenvalue weighted by atomic mass is 16.3. The molecule has 0 bridgehead atoms. The van der Waals surface area contributed by atoms with E-state index in [1.54, 1.807) is 0 Å². The predicted molar refractivity (Wildman–Crippen MR) is 56.7 cm³/mol. The number of hydrogen-bond donors (Lipinski definition) is 0. The van der Waals surface area contributed by atoms with E-state index in [1.165, 1.54) is 24.3 Å². The summed E-state index contributed by atoms with van der Waals surface area (Å²) in [5, 5.41) is 38.0. The van der Waals surface area contributed by atoms with E-state index in [0.717, 1.165) is 0 Å². The number of nitriles is 2. The first-order valence-corrected chi connectivity index (χ1v) is 4.65. The normalized spacial score (nSPS) is 9.24. The van der Waals surface area contributed by atoms with E-state index >= 15 is 0 Å². The van der Waals surface area contributed by atoms with Gasteiger partial charge in [0.1, 0.15) is 12.1 Å². The van der Waals surface area contributed by atoms with Crippen LogP contribution in [0.5, 0.6) is 5.75 Å². The molecule has 0 fully saturated rings. The molecule has 0 aromatic heterocycles. The molecule has 0 saturated carbocycles. The molecule has 2 rings (SSSR count). The van der Waals surface area contributed by atoms with Crippen LogP contribution in [-0.4, -0.2) is 0 Å². The van der Waals surface area contributed by atoms with Crippen molar-refractivity contribution < 1.29 is 5.11 Å². The molecule has 0 amide bonds. The molecule has 0 unspecified atom stereocenters. The van der Waals surface area contributed by atoms with Gasteiger partial charge in [0.2, 0.25) is 5.39 Å². The standard InChI is InChI=1S/C12H4N4O/c13-5-10-8-3-1-7(17)2-4-9(8)11(6-14)12(10)16-15/h1-4H. The van der Waals surface area contributed by atoms with Crippen LogP contribution in [0.15, 0.2) is 24.3 Å². The second kappa shape index (κ2) is 3.81. The maximum atomic E-state index is 11.2. The van der Waals surface area contributed by atoms with Crippen molar-refractivity contribution in [3.63, 3.8) is 0 Å². The van der Waals surface area contributed by atoms with Gasteiger partial charge in [0.05, 0.1) is 0 Å². The average molecular weight is 220 g/mol. The van der Waals surface area contributed by atoms with Crippen molar-refractivity contribution in [1.29, 1.82) is 15.9 Å². The number of diazo groups is 1. The third-order valence-corrected chi connectivity index (χ3v) is 2.45. The van der Waals surface area contributed by atoms with Crippen molar-refractivity contribution in [1.82, 2.24) is 0 Å². The van der Waals surface area contributed by atoms with Crippen LogP contribution in [0.4, 0.5) is 5.69 Å². The zero-order valence-corrected chi connectivity index (χ0v) is 8.51. The Labute approximate surface area is 96.7 Å². The Hall–Kier alpha value is -3.10. The van der Waals surface area contributed by atoms with Crippen LogP contribution in [-0.2, 0) is 0 Å². The van der Waals surface area contributed by atoms with Crippen molar-refractivity contribution in [3.05, 3.63) is 40.4 Å². The van der Waals surface area contributed by atoms with Crippen molar-refractivity contribution in [2.24, 2.45) is 0 Å². The van der Waals surface area contributed by atoms with E-state index in [9.17, 15) is 5.11 Å². The van der Waals surface area contributed by atoms with Gasteiger partial charge in [-0.3, -0.25) is 0 Å². The fourth-order valence-corrected chi connectivity index (χ4v) is 1.71. The summed E-state index contributed by atoms with van der Waals surface area (Å²) in [7, 11) is 0. The van der Waals surface area contributed by atoms with Crippen molar-refractivity contribution >= 4 is 5.69 Å². The minimum absolute atomic E-state index is 0.0522. The molecule has 0 heterocycles. The predicted octanol–water partition coefficient (Wildman–Crippen LogP) is 2.09. The molecule has 0 atom stereocenters. The summed E-state index contributed by atoms with van der Waals surface area (Å²) < 4.78 is 0. The molecule has 0 saturated heterocycles. The Morgan fingerprint density at radius 1 is 0.941 bits per heavy atom. The molecule has 0 aliphatic heterocycles. The molecule has 17 heavy (non-hydrogen) atoms. The molecule has 5 nitrogen and oxygen atoms in total. The van der Waals surface area contributed by atoms with Crippen LogP contribution in [0, 0.1) is 28.1 Å². The van der Waals surface area contributed by atoms with Gasteiger partial charge in [-0.2, -0.15) is 10.5 Å². The Morgan fingerprint density at radius 3 is 1.76 bits per heavy atom. The van der Waals surface area contributed by atoms with Crippen LogP contribution in [0.25, 0.3) is 16.1 Å². The topological polar surface area (TPSA) is 98.8 Å². The summed E-state index contributed by atoms with van der Waals surface area (Å²) in [6, 6.07) is 9.24. The minimum Gasteiger partial charge on any atom is -0.872 e. The molecule has 5 heteroatoms. The number of fused-ring (bicyclic) bond motifs is 1. The maximum Gasteiger partial charge on any atom is 0.421 e. The first-order chi connectivity index (χ1) is 8.22. The van der Waals surface area contributed by atoms with Gasteiger partial charge in [0, 0.05) is 11.1 Å². The number of nitrogens with zero attached hydrogens (tertiary/aromatic N) is 4. The van der Waals surface area contributed by atoms with Gasteiger partial charge in [-0.05, 0) is 0 Å². The number of rotatable bonds is 0. The fraction of sp³-hybridized carbons (Fsp3) is 0. The van der Waals surface area contributed by atoms with E-state index < -0.39 is 0 Å². The zero-order chi connectivity index (χ0) is 12.4. The summed E-state index contributed by atoms with van der Waals surface area (Å²) in [6.45, 7) is 0. The van der Waals surface area contributed by atoms with Gasteiger partial charge in [0.15, 0.2) is 16.1 Å². The van der Waals surface area contributed by atoms with Gasteiger partial charge >= 0.3 is 5.69 Å². The summed E-state index contributed by atoms with van der Waals surface area (Å²) in [5.74, 6) is -0.225. The van der Waals surface area contributed by atoms with Gasteiger partial charge < -0.3 is 5.11 Å². The highest BCUT2D eigenvalue weighted by Crippen LogP contribution is 2.41. The summed E-state index contributed by atoms with van der Waals surface area (Å²) >= 11 is 0. The van der Waals surface area contributed by atoms with Crippen molar-refractivity contribution in [2.45, 2.75) is 0 Å². The summed E-state index contributed by atoms with van der Waals surface area (Å²) in [6.07, 6.45) is 0. The van der Waals surface area contributed by atoms with E-state index in [0.29, 0.717) is 11.1 Å². The first-order valence-electron chi connectivity index (χ1n) is 4.65. The third kappa shape index (κ3) is 1.42. The maximum absolute atomic E-state index is 11.2. The molecule has 0 spiro atoms. The monoisotopic (exact) mass is 220 g/mol. The molecule has 0 radical (unpaired) electrons. The minimum atomic E-state index is -0.225. The average Bonchev–Trinajstić information content (AvgIpc) is 2.52. The molecular formula is C12H4N4O. The second-order valence-electron chi connectivity index (χ2n) is 3.32. The molecule has 0 aromatic rings. The lowest BCUT2D eigenvalue weighted by atomic mass is 10.1. The van der Waals surface area contributed by atoms with Crippen LogP contribution in [0.3, 0.4) is 0 Å². The molecule has 0 N–H and O–H groups in total. The first kappa shape index (κ1) is 10.4. The van der Waals surface area contributed by atoms with E-state index in [4.69, 9.17) is 15.9 Å². The van der Waals surface area contributed by atoms with Crippen molar-refractivity contribution in [3.8, 4) is 29.0 Å². The van der Waals surface area contributed by atoms with Crippen LogP contribution in [0.2, 0.25) is 0 Å². The molecule has 2 aliphatic carbocycles. The Kier molecular flexibility index (Phi) is 2.33. The highest BCUT2D eigenvalue weighted by Gasteiger charge is 2.31. The highest BCUT2D eigenvalue weighted by molar-refractivity contribution is 5.91. The SMILES string of the molecule is N#Cc1c2ccc([O-])ccc-2c(C#N)c1[N+]#N. The Balaban J connectivity index is 2.98. The molecule has 78 valence electrons. The van der Waals surface area contributed by atoms with Crippen molar-refractivity contribution in [2.75, 3.05) is 0 Å². The lowest BCUT2D eigenvalue weighted by molar-refractivity contribution is -0.268. The Bertz CT molecular complexity index is 649. The lowest BCUT2D eigenvalue weighted by Crippen LogP contribution is -1.84. The van der Waals surface area contributed by atoms with E-state index in [1.807, 2.05) is 12.1 Å². The van der Waals surface area contributed by atoms with Gasteiger partial charge in [-0.15, -0.1) is 5.75 Å². The van der Waals surface area contributed by atoms with E-state index in [-0.39, 0.29) is 22.6 Å².